The van der Waals surface area contributed by atoms with Gasteiger partial charge in [-0.3, -0.25) is 0 Å². The van der Waals surface area contributed by atoms with Crippen LogP contribution in [-0.2, 0) is 0 Å². The third-order valence-electron chi connectivity index (χ3n) is 4.51. The van der Waals surface area contributed by atoms with Gasteiger partial charge in [0.15, 0.2) is 0 Å². The van der Waals surface area contributed by atoms with Crippen LogP contribution in [0.1, 0.15) is 20.7 Å². The summed E-state index contributed by atoms with van der Waals surface area (Å²) in [6.45, 7) is 0. The van der Waals surface area contributed by atoms with Gasteiger partial charge >= 0.3 is 11.9 Å². The van der Waals surface area contributed by atoms with E-state index in [1.54, 1.807) is 41.0 Å². The molecular formula is C22H15NO4. The molecule has 0 aliphatic heterocycles. The van der Waals surface area contributed by atoms with Gasteiger partial charge < -0.3 is 14.8 Å². The average Bonchev–Trinajstić information content (AvgIpc) is 3.04. The Morgan fingerprint density at radius 1 is 0.704 bits per heavy atom. The molecule has 1 aromatic heterocycles. The molecule has 0 aliphatic rings. The molecule has 0 atom stereocenters. The summed E-state index contributed by atoms with van der Waals surface area (Å²) in [5.41, 5.74) is 2.48. The van der Waals surface area contributed by atoms with Gasteiger partial charge in [-0.05, 0) is 23.8 Å². The molecule has 1 heterocycles. The number of fused-ring (bicyclic) bond motifs is 1. The Morgan fingerprint density at radius 2 is 1.33 bits per heavy atom. The van der Waals surface area contributed by atoms with E-state index in [1.165, 1.54) is 6.07 Å². The van der Waals surface area contributed by atoms with Gasteiger partial charge in [0, 0.05) is 5.39 Å². The lowest BCUT2D eigenvalue weighted by molar-refractivity contribution is 0.0688. The third-order valence-corrected chi connectivity index (χ3v) is 4.51. The quantitative estimate of drug-likeness (QED) is 0.555. The van der Waals surface area contributed by atoms with Crippen LogP contribution >= 0.6 is 0 Å². The molecule has 5 nitrogen and oxygen atoms in total. The molecule has 0 bridgehead atoms. The average molecular weight is 357 g/mol. The van der Waals surface area contributed by atoms with Gasteiger partial charge in [-0.15, -0.1) is 0 Å². The summed E-state index contributed by atoms with van der Waals surface area (Å²) in [5.74, 6) is -2.13. The van der Waals surface area contributed by atoms with E-state index in [4.69, 9.17) is 0 Å². The van der Waals surface area contributed by atoms with Gasteiger partial charge in [-0.1, -0.05) is 60.7 Å². The van der Waals surface area contributed by atoms with Crippen LogP contribution in [0.5, 0.6) is 0 Å². The second kappa shape index (κ2) is 6.46. The zero-order valence-corrected chi connectivity index (χ0v) is 14.2. The van der Waals surface area contributed by atoms with Crippen molar-refractivity contribution in [3.8, 4) is 16.9 Å². The standard InChI is InChI=1S/C22H15NO4/c24-21(25)16-11-5-7-13-18(16)23-17-12-6-4-10-15(17)19(22(26)27)20(23)14-8-2-1-3-9-14/h1-13H,(H,24,25)(H,26,27). The number of carboxylic acids is 2. The van der Waals surface area contributed by atoms with Crippen molar-refractivity contribution in [1.29, 1.82) is 0 Å². The number of para-hydroxylation sites is 2. The summed E-state index contributed by atoms with van der Waals surface area (Å²) >= 11 is 0. The highest BCUT2D eigenvalue weighted by Gasteiger charge is 2.25. The Bertz CT molecular complexity index is 1180. The maximum Gasteiger partial charge on any atom is 0.338 e. The van der Waals surface area contributed by atoms with Gasteiger partial charge in [0.2, 0.25) is 0 Å². The lowest BCUT2D eigenvalue weighted by atomic mass is 10.0. The first kappa shape index (κ1) is 16.6. The smallest absolute Gasteiger partial charge is 0.338 e. The topological polar surface area (TPSA) is 79.5 Å². The fourth-order valence-corrected chi connectivity index (χ4v) is 3.43. The minimum Gasteiger partial charge on any atom is -0.478 e. The zero-order valence-electron chi connectivity index (χ0n) is 14.2. The monoisotopic (exact) mass is 357 g/mol. The number of nitrogens with zero attached hydrogens (tertiary/aromatic N) is 1. The van der Waals surface area contributed by atoms with Gasteiger partial charge in [0.25, 0.3) is 0 Å². The van der Waals surface area contributed by atoms with E-state index in [2.05, 4.69) is 0 Å². The Kier molecular flexibility index (Phi) is 3.97. The number of hydrogen-bond donors (Lipinski definition) is 2. The van der Waals surface area contributed by atoms with Crippen LogP contribution in [0.15, 0.2) is 78.9 Å². The highest BCUT2D eigenvalue weighted by molar-refractivity contribution is 6.11. The van der Waals surface area contributed by atoms with Crippen LogP contribution in [0.2, 0.25) is 0 Å². The van der Waals surface area contributed by atoms with Crippen LogP contribution in [-0.4, -0.2) is 26.7 Å². The van der Waals surface area contributed by atoms with E-state index >= 15 is 0 Å². The van der Waals surface area contributed by atoms with E-state index in [1.807, 2.05) is 36.4 Å². The molecule has 27 heavy (non-hydrogen) atoms. The van der Waals surface area contributed by atoms with E-state index in [-0.39, 0.29) is 11.1 Å². The summed E-state index contributed by atoms with van der Waals surface area (Å²) in [4.78, 5) is 23.9. The molecule has 0 saturated heterocycles. The first-order valence-corrected chi connectivity index (χ1v) is 8.34. The van der Waals surface area contributed by atoms with Crippen LogP contribution in [0.3, 0.4) is 0 Å². The number of carboxylic acid groups (broad SMARTS) is 2. The molecule has 0 spiro atoms. The fourth-order valence-electron chi connectivity index (χ4n) is 3.43. The van der Waals surface area contributed by atoms with Crippen molar-refractivity contribution in [1.82, 2.24) is 4.57 Å². The summed E-state index contributed by atoms with van der Waals surface area (Å²) < 4.78 is 1.72. The van der Waals surface area contributed by atoms with Crippen molar-refractivity contribution in [3.63, 3.8) is 0 Å². The number of carbonyl (C=O) groups is 2. The third kappa shape index (κ3) is 2.66. The number of rotatable bonds is 4. The molecule has 5 heteroatoms. The zero-order chi connectivity index (χ0) is 19.0. The van der Waals surface area contributed by atoms with Gasteiger partial charge in [0.1, 0.15) is 0 Å². The summed E-state index contributed by atoms with van der Waals surface area (Å²) in [6.07, 6.45) is 0. The molecule has 4 rings (SSSR count). The second-order valence-electron chi connectivity index (χ2n) is 6.07. The number of aromatic nitrogens is 1. The largest absolute Gasteiger partial charge is 0.478 e. The van der Waals surface area contributed by atoms with Crippen molar-refractivity contribution in [2.75, 3.05) is 0 Å². The number of hydrogen-bond acceptors (Lipinski definition) is 2. The SMILES string of the molecule is O=C(O)c1ccccc1-n1c(-c2ccccc2)c(C(=O)O)c2ccccc21. The van der Waals surface area contributed by atoms with Gasteiger partial charge in [0.05, 0.1) is 28.0 Å². The lowest BCUT2D eigenvalue weighted by Crippen LogP contribution is -2.07. The van der Waals surface area contributed by atoms with Crippen LogP contribution in [0.25, 0.3) is 27.8 Å². The van der Waals surface area contributed by atoms with Crippen molar-refractivity contribution in [3.05, 3.63) is 90.0 Å². The van der Waals surface area contributed by atoms with Crippen molar-refractivity contribution >= 4 is 22.8 Å². The van der Waals surface area contributed by atoms with Crippen molar-refractivity contribution in [2.45, 2.75) is 0 Å². The first-order valence-electron chi connectivity index (χ1n) is 8.34. The minimum absolute atomic E-state index is 0.104. The normalized spacial score (nSPS) is 10.8. The van der Waals surface area contributed by atoms with Crippen molar-refractivity contribution in [2.24, 2.45) is 0 Å². The molecule has 0 radical (unpaired) electrons. The first-order chi connectivity index (χ1) is 13.1. The van der Waals surface area contributed by atoms with Gasteiger partial charge in [-0.2, -0.15) is 0 Å². The molecule has 132 valence electrons. The van der Waals surface area contributed by atoms with Crippen LogP contribution in [0.4, 0.5) is 0 Å². The predicted molar refractivity (Wildman–Crippen MR) is 103 cm³/mol. The molecule has 0 saturated carbocycles. The van der Waals surface area contributed by atoms with E-state index in [0.717, 1.165) is 0 Å². The molecule has 2 N–H and O–H groups in total. The summed E-state index contributed by atoms with van der Waals surface area (Å²) in [6, 6.07) is 22.9. The maximum absolute atomic E-state index is 12.1. The maximum atomic E-state index is 12.1. The Balaban J connectivity index is 2.22. The van der Waals surface area contributed by atoms with Gasteiger partial charge in [-0.25, -0.2) is 9.59 Å². The second-order valence-corrected chi connectivity index (χ2v) is 6.07. The summed E-state index contributed by atoms with van der Waals surface area (Å²) in [5, 5.41) is 20.1. The lowest BCUT2D eigenvalue weighted by Gasteiger charge is -2.14. The molecule has 4 aromatic rings. The number of aromatic carboxylic acids is 2. The molecule has 0 amide bonds. The number of benzene rings is 3. The Morgan fingerprint density at radius 3 is 2.04 bits per heavy atom. The highest BCUT2D eigenvalue weighted by Crippen LogP contribution is 2.37. The predicted octanol–water partition coefficient (Wildman–Crippen LogP) is 4.69. The molecule has 0 unspecified atom stereocenters. The summed E-state index contributed by atoms with van der Waals surface area (Å²) in [7, 11) is 0. The van der Waals surface area contributed by atoms with E-state index in [0.29, 0.717) is 27.8 Å². The molecular weight excluding hydrogens is 342 g/mol. The van der Waals surface area contributed by atoms with E-state index < -0.39 is 11.9 Å². The molecule has 0 fully saturated rings. The Hall–Kier alpha value is -3.86. The fraction of sp³-hybridized carbons (Fsp3) is 0. The molecule has 3 aromatic carbocycles. The Labute approximate surface area is 154 Å². The van der Waals surface area contributed by atoms with E-state index in [9.17, 15) is 19.8 Å². The van der Waals surface area contributed by atoms with Crippen molar-refractivity contribution < 1.29 is 19.8 Å². The minimum atomic E-state index is -1.07. The van der Waals surface area contributed by atoms with Crippen LogP contribution < -0.4 is 0 Å². The highest BCUT2D eigenvalue weighted by atomic mass is 16.4. The molecule has 0 aliphatic carbocycles. The van der Waals surface area contributed by atoms with Crippen LogP contribution in [0, 0.1) is 0 Å².